The average Bonchev–Trinajstić information content (AvgIpc) is 3.29. The monoisotopic (exact) mass is 388 g/mol. The molecule has 1 fully saturated rings. The molecule has 0 amide bonds. The zero-order valence-corrected chi connectivity index (χ0v) is 15.2. The Hall–Kier alpha value is -2.12. The highest BCUT2D eigenvalue weighted by molar-refractivity contribution is 6.61. The molecule has 7 heteroatoms. The number of benzene rings is 2. The van der Waals surface area contributed by atoms with Crippen molar-refractivity contribution in [3.05, 3.63) is 64.7 Å². The maximum Gasteiger partial charge on any atom is 0.491 e. The maximum atomic E-state index is 13.2. The number of carbonyl (C=O) groups excluding carboxylic acids is 1. The summed E-state index contributed by atoms with van der Waals surface area (Å²) in [7, 11) is -1.06. The minimum Gasteiger partial charge on any atom is -0.423 e. The van der Waals surface area contributed by atoms with Gasteiger partial charge in [0.05, 0.1) is 11.7 Å². The number of hydrogen-bond donors (Lipinski definition) is 1. The lowest BCUT2D eigenvalue weighted by Crippen LogP contribution is -2.28. The number of ketones is 1. The lowest BCUT2D eigenvalue weighted by molar-refractivity contribution is -0.137. The van der Waals surface area contributed by atoms with E-state index in [2.05, 4.69) is 0 Å². The van der Waals surface area contributed by atoms with Crippen molar-refractivity contribution in [3.8, 4) is 0 Å². The maximum absolute atomic E-state index is 13.2. The third kappa shape index (κ3) is 3.61. The first-order valence-corrected chi connectivity index (χ1v) is 9.50. The van der Waals surface area contributed by atoms with E-state index in [1.807, 2.05) is 6.07 Å². The summed E-state index contributed by atoms with van der Waals surface area (Å²) in [6.07, 6.45) is -0.466. The zero-order valence-electron chi connectivity index (χ0n) is 15.2. The summed E-state index contributed by atoms with van der Waals surface area (Å²) in [5.41, 5.74) is 0.843. The highest BCUT2D eigenvalue weighted by atomic mass is 19.4. The van der Waals surface area contributed by atoms with Crippen molar-refractivity contribution >= 4 is 18.4 Å². The van der Waals surface area contributed by atoms with Gasteiger partial charge in [0.1, 0.15) is 0 Å². The van der Waals surface area contributed by atoms with Gasteiger partial charge in [0.2, 0.25) is 0 Å². The van der Waals surface area contributed by atoms with Crippen LogP contribution in [0.1, 0.15) is 58.8 Å². The number of rotatable bonds is 4. The van der Waals surface area contributed by atoms with Crippen molar-refractivity contribution in [2.24, 2.45) is 5.92 Å². The highest BCUT2D eigenvalue weighted by Gasteiger charge is 2.40. The first kappa shape index (κ1) is 19.2. The number of alkyl halides is 3. The molecule has 0 aromatic heterocycles. The Bertz CT molecular complexity index is 891. The fourth-order valence-corrected chi connectivity index (χ4v) is 4.37. The van der Waals surface area contributed by atoms with E-state index in [0.29, 0.717) is 16.9 Å². The quantitative estimate of drug-likeness (QED) is 0.634. The summed E-state index contributed by atoms with van der Waals surface area (Å²) in [5, 5.41) is 10.3. The van der Waals surface area contributed by atoms with Gasteiger partial charge in [-0.25, -0.2) is 0 Å². The van der Waals surface area contributed by atoms with Crippen molar-refractivity contribution in [2.45, 2.75) is 44.4 Å². The second-order valence-electron chi connectivity index (χ2n) is 7.56. The molecule has 0 bridgehead atoms. The van der Waals surface area contributed by atoms with Crippen LogP contribution < -0.4 is 5.46 Å². The topological polar surface area (TPSA) is 46.5 Å². The van der Waals surface area contributed by atoms with Crippen LogP contribution in [0.2, 0.25) is 0 Å². The smallest absolute Gasteiger partial charge is 0.423 e. The van der Waals surface area contributed by atoms with E-state index in [0.717, 1.165) is 37.3 Å². The Labute approximate surface area is 161 Å². The third-order valence-electron chi connectivity index (χ3n) is 5.72. The molecule has 2 aliphatic rings. The molecule has 1 atom stereocenters. The molecular formula is C21H20BF3O3. The summed E-state index contributed by atoms with van der Waals surface area (Å²) in [6, 6.07) is 10.1. The van der Waals surface area contributed by atoms with E-state index < -0.39 is 24.6 Å². The summed E-state index contributed by atoms with van der Waals surface area (Å²) in [4.78, 5) is 12.5. The SMILES string of the molecule is O=C(Cc1ccc2c(c1)B(O)OC2C1CCCC1)c1ccccc1C(F)(F)F. The number of carbonyl (C=O) groups is 1. The molecular weight excluding hydrogens is 368 g/mol. The molecule has 1 saturated carbocycles. The van der Waals surface area contributed by atoms with Gasteiger partial charge in [0.25, 0.3) is 0 Å². The van der Waals surface area contributed by atoms with E-state index >= 15 is 0 Å². The molecule has 28 heavy (non-hydrogen) atoms. The third-order valence-corrected chi connectivity index (χ3v) is 5.72. The molecule has 0 spiro atoms. The molecule has 146 valence electrons. The fourth-order valence-electron chi connectivity index (χ4n) is 4.37. The summed E-state index contributed by atoms with van der Waals surface area (Å²) in [6.45, 7) is 0. The predicted molar refractivity (Wildman–Crippen MR) is 99.3 cm³/mol. The Balaban J connectivity index is 1.57. The molecule has 4 rings (SSSR count). The first-order valence-electron chi connectivity index (χ1n) is 9.50. The molecule has 1 unspecified atom stereocenters. The van der Waals surface area contributed by atoms with E-state index in [-0.39, 0.29) is 18.1 Å². The summed E-state index contributed by atoms with van der Waals surface area (Å²) >= 11 is 0. The second-order valence-corrected chi connectivity index (χ2v) is 7.56. The molecule has 1 aliphatic heterocycles. The van der Waals surface area contributed by atoms with Crippen LogP contribution in [0, 0.1) is 5.92 Å². The molecule has 2 aromatic rings. The predicted octanol–water partition coefficient (Wildman–Crippen LogP) is 4.08. The van der Waals surface area contributed by atoms with Crippen LogP contribution in [0.3, 0.4) is 0 Å². The van der Waals surface area contributed by atoms with Crippen molar-refractivity contribution < 1.29 is 27.6 Å². The fraction of sp³-hybridized carbons (Fsp3) is 0.381. The van der Waals surface area contributed by atoms with Crippen LogP contribution in [0.25, 0.3) is 0 Å². The van der Waals surface area contributed by atoms with Crippen molar-refractivity contribution in [1.82, 2.24) is 0 Å². The van der Waals surface area contributed by atoms with Gasteiger partial charge < -0.3 is 9.68 Å². The van der Waals surface area contributed by atoms with Gasteiger partial charge >= 0.3 is 13.3 Å². The Morgan fingerprint density at radius 1 is 1.14 bits per heavy atom. The van der Waals surface area contributed by atoms with Crippen LogP contribution in [-0.2, 0) is 17.3 Å². The minimum atomic E-state index is -4.58. The molecule has 1 heterocycles. The standard InChI is InChI=1S/C21H20BF3O3/c23-21(24,25)17-8-4-3-7-15(17)19(26)12-13-9-10-16-18(11-13)22(27)28-20(16)14-5-1-2-6-14/h3-4,7-11,14,20,27H,1-2,5-6,12H2. The summed E-state index contributed by atoms with van der Waals surface area (Å²) < 4.78 is 45.2. The lowest BCUT2D eigenvalue weighted by Gasteiger charge is -2.19. The summed E-state index contributed by atoms with van der Waals surface area (Å²) in [5.74, 6) is -0.226. The number of hydrogen-bond acceptors (Lipinski definition) is 3. The van der Waals surface area contributed by atoms with Gasteiger partial charge in [-0.2, -0.15) is 13.2 Å². The van der Waals surface area contributed by atoms with E-state index in [9.17, 15) is 23.0 Å². The molecule has 1 N–H and O–H groups in total. The van der Waals surface area contributed by atoms with E-state index in [1.165, 1.54) is 18.2 Å². The zero-order chi connectivity index (χ0) is 19.9. The van der Waals surface area contributed by atoms with E-state index in [1.54, 1.807) is 12.1 Å². The number of fused-ring (bicyclic) bond motifs is 1. The van der Waals surface area contributed by atoms with Crippen molar-refractivity contribution in [2.75, 3.05) is 0 Å². The first-order chi connectivity index (χ1) is 13.3. The largest absolute Gasteiger partial charge is 0.491 e. The van der Waals surface area contributed by atoms with E-state index in [4.69, 9.17) is 4.65 Å². The van der Waals surface area contributed by atoms with Crippen LogP contribution in [0.5, 0.6) is 0 Å². The van der Waals surface area contributed by atoms with Crippen LogP contribution in [-0.4, -0.2) is 17.9 Å². The second kappa shape index (κ2) is 7.37. The van der Waals surface area contributed by atoms with Crippen LogP contribution in [0.15, 0.2) is 42.5 Å². The van der Waals surface area contributed by atoms with Gasteiger partial charge in [-0.15, -0.1) is 0 Å². The van der Waals surface area contributed by atoms with Gasteiger partial charge in [0, 0.05) is 12.0 Å². The normalized spacial score (nSPS) is 19.9. The Morgan fingerprint density at radius 2 is 1.86 bits per heavy atom. The van der Waals surface area contributed by atoms with Gasteiger partial charge in [-0.1, -0.05) is 49.2 Å². The lowest BCUT2D eigenvalue weighted by atomic mass is 9.77. The molecule has 3 nitrogen and oxygen atoms in total. The van der Waals surface area contributed by atoms with Gasteiger partial charge in [0.15, 0.2) is 5.78 Å². The van der Waals surface area contributed by atoms with Crippen LogP contribution >= 0.6 is 0 Å². The van der Waals surface area contributed by atoms with Crippen molar-refractivity contribution in [1.29, 1.82) is 0 Å². The number of Topliss-reactive ketones (excluding diaryl/α,β-unsaturated/α-hetero) is 1. The molecule has 1 aliphatic carbocycles. The highest BCUT2D eigenvalue weighted by Crippen LogP contribution is 2.40. The Morgan fingerprint density at radius 3 is 2.57 bits per heavy atom. The number of halogens is 3. The Kier molecular flexibility index (Phi) is 5.06. The van der Waals surface area contributed by atoms with Gasteiger partial charge in [-0.3, -0.25) is 4.79 Å². The molecule has 0 radical (unpaired) electrons. The molecule has 0 saturated heterocycles. The molecule has 2 aromatic carbocycles. The minimum absolute atomic E-state index is 0.150. The average molecular weight is 388 g/mol. The van der Waals surface area contributed by atoms with Crippen LogP contribution in [0.4, 0.5) is 13.2 Å². The van der Waals surface area contributed by atoms with Gasteiger partial charge in [-0.05, 0) is 41.4 Å². The van der Waals surface area contributed by atoms with Crippen molar-refractivity contribution in [3.63, 3.8) is 0 Å².